The van der Waals surface area contributed by atoms with Crippen molar-refractivity contribution in [1.82, 2.24) is 10.2 Å². The van der Waals surface area contributed by atoms with Crippen LogP contribution in [-0.4, -0.2) is 42.5 Å². The van der Waals surface area contributed by atoms with E-state index >= 15 is 0 Å². The number of nitrogens with one attached hydrogen (secondary N) is 1. The van der Waals surface area contributed by atoms with Gasteiger partial charge in [-0.1, -0.05) is 0 Å². The average molecular weight is 225 g/mol. The van der Waals surface area contributed by atoms with E-state index in [1.807, 2.05) is 4.90 Å². The van der Waals surface area contributed by atoms with Gasteiger partial charge in [0.25, 0.3) is 0 Å². The molecular weight excluding hydrogens is 202 g/mol. The van der Waals surface area contributed by atoms with E-state index in [2.05, 4.69) is 5.32 Å². The van der Waals surface area contributed by atoms with Crippen molar-refractivity contribution >= 4 is 5.91 Å². The van der Waals surface area contributed by atoms with Gasteiger partial charge in [-0.15, -0.1) is 0 Å². The quantitative estimate of drug-likeness (QED) is 0.708. The van der Waals surface area contributed by atoms with Crippen LogP contribution in [-0.2, 0) is 4.79 Å². The molecule has 1 saturated heterocycles. The summed E-state index contributed by atoms with van der Waals surface area (Å²) in [4.78, 5) is 13.8. The van der Waals surface area contributed by atoms with Crippen LogP contribution in [0.5, 0.6) is 0 Å². The van der Waals surface area contributed by atoms with Crippen LogP contribution in [0, 0.1) is 5.92 Å². The van der Waals surface area contributed by atoms with Crippen molar-refractivity contribution in [3.63, 3.8) is 0 Å². The van der Waals surface area contributed by atoms with Gasteiger partial charge in [0.15, 0.2) is 0 Å². The third-order valence-electron chi connectivity index (χ3n) is 3.56. The fourth-order valence-corrected chi connectivity index (χ4v) is 2.38. The lowest BCUT2D eigenvalue weighted by molar-refractivity contribution is -0.132. The minimum absolute atomic E-state index is 0.107. The maximum Gasteiger partial charge on any atom is 0.239 e. The first-order valence-electron chi connectivity index (χ1n) is 6.45. The number of carbonyl (C=O) groups excluding carboxylic acids is 1. The highest BCUT2D eigenvalue weighted by atomic mass is 16.2. The molecule has 92 valence electrons. The topological polar surface area (TPSA) is 58.4 Å². The molecule has 1 heterocycles. The SMILES string of the molecule is CC(N)C(=O)N1CCCC1CNCC1CC1. The molecule has 0 aromatic heterocycles. The van der Waals surface area contributed by atoms with Gasteiger partial charge in [-0.05, 0) is 45.1 Å². The third kappa shape index (κ3) is 2.95. The Balaban J connectivity index is 1.75. The predicted molar refractivity (Wildman–Crippen MR) is 64.0 cm³/mol. The van der Waals surface area contributed by atoms with Crippen molar-refractivity contribution in [2.45, 2.75) is 44.7 Å². The van der Waals surface area contributed by atoms with Crippen LogP contribution in [0.25, 0.3) is 0 Å². The molecule has 1 aliphatic heterocycles. The maximum absolute atomic E-state index is 11.8. The summed E-state index contributed by atoms with van der Waals surface area (Å²) in [6, 6.07) is 0.0151. The Bertz CT molecular complexity index is 251. The van der Waals surface area contributed by atoms with Crippen LogP contribution in [0.3, 0.4) is 0 Å². The minimum Gasteiger partial charge on any atom is -0.337 e. The highest BCUT2D eigenvalue weighted by Gasteiger charge is 2.30. The minimum atomic E-state index is -0.357. The van der Waals surface area contributed by atoms with Crippen LogP contribution in [0.2, 0.25) is 0 Å². The largest absolute Gasteiger partial charge is 0.337 e. The first-order chi connectivity index (χ1) is 7.68. The first-order valence-corrected chi connectivity index (χ1v) is 6.45. The molecule has 2 aliphatic rings. The van der Waals surface area contributed by atoms with E-state index in [0.717, 1.165) is 38.4 Å². The van der Waals surface area contributed by atoms with Crippen LogP contribution >= 0.6 is 0 Å². The molecule has 0 bridgehead atoms. The molecular formula is C12H23N3O. The average Bonchev–Trinajstić information content (AvgIpc) is 2.95. The Morgan fingerprint density at radius 2 is 2.19 bits per heavy atom. The Kier molecular flexibility index (Phi) is 3.82. The summed E-state index contributed by atoms with van der Waals surface area (Å²) >= 11 is 0. The lowest BCUT2D eigenvalue weighted by Gasteiger charge is -2.26. The maximum atomic E-state index is 11.8. The van der Waals surface area contributed by atoms with Gasteiger partial charge >= 0.3 is 0 Å². The number of rotatable bonds is 5. The molecule has 16 heavy (non-hydrogen) atoms. The van der Waals surface area contributed by atoms with Crippen LogP contribution in [0.4, 0.5) is 0 Å². The van der Waals surface area contributed by atoms with Crippen molar-refractivity contribution in [3.8, 4) is 0 Å². The zero-order valence-corrected chi connectivity index (χ0v) is 10.1. The molecule has 4 nitrogen and oxygen atoms in total. The second kappa shape index (κ2) is 5.15. The zero-order valence-electron chi connectivity index (χ0n) is 10.1. The van der Waals surface area contributed by atoms with Crippen LogP contribution in [0.15, 0.2) is 0 Å². The molecule has 4 heteroatoms. The highest BCUT2D eigenvalue weighted by Crippen LogP contribution is 2.27. The fraction of sp³-hybridized carbons (Fsp3) is 0.917. The van der Waals surface area contributed by atoms with Crippen molar-refractivity contribution in [2.75, 3.05) is 19.6 Å². The lowest BCUT2D eigenvalue weighted by Crippen LogP contribution is -2.47. The predicted octanol–water partition coefficient (Wildman–Crippen LogP) is 0.324. The molecule has 0 spiro atoms. The first kappa shape index (κ1) is 11.9. The summed E-state index contributed by atoms with van der Waals surface area (Å²) < 4.78 is 0. The number of nitrogens with zero attached hydrogens (tertiary/aromatic N) is 1. The van der Waals surface area contributed by atoms with E-state index in [4.69, 9.17) is 5.73 Å². The summed E-state index contributed by atoms with van der Waals surface area (Å²) in [6.45, 7) is 4.72. The standard InChI is InChI=1S/C12H23N3O/c1-9(13)12(16)15-6-2-3-11(15)8-14-7-10-4-5-10/h9-11,14H,2-8,13H2,1H3. The monoisotopic (exact) mass is 225 g/mol. The fourth-order valence-electron chi connectivity index (χ4n) is 2.38. The molecule has 2 atom stereocenters. The lowest BCUT2D eigenvalue weighted by atomic mass is 10.2. The third-order valence-corrected chi connectivity index (χ3v) is 3.56. The Morgan fingerprint density at radius 1 is 1.44 bits per heavy atom. The van der Waals surface area contributed by atoms with Gasteiger partial charge in [-0.25, -0.2) is 0 Å². The van der Waals surface area contributed by atoms with E-state index in [1.165, 1.54) is 12.8 Å². The molecule has 2 rings (SSSR count). The van der Waals surface area contributed by atoms with Gasteiger partial charge < -0.3 is 16.0 Å². The van der Waals surface area contributed by atoms with Crippen LogP contribution in [0.1, 0.15) is 32.6 Å². The smallest absolute Gasteiger partial charge is 0.239 e. The Hall–Kier alpha value is -0.610. The Morgan fingerprint density at radius 3 is 2.81 bits per heavy atom. The number of carbonyl (C=O) groups is 1. The number of nitrogens with two attached hydrogens (primary N) is 1. The summed E-state index contributed by atoms with van der Waals surface area (Å²) in [7, 11) is 0. The van der Waals surface area contributed by atoms with E-state index in [-0.39, 0.29) is 11.9 Å². The van der Waals surface area contributed by atoms with Crippen molar-refractivity contribution in [3.05, 3.63) is 0 Å². The molecule has 2 unspecified atom stereocenters. The molecule has 0 aromatic rings. The number of amides is 1. The van der Waals surface area contributed by atoms with Gasteiger partial charge in [-0.3, -0.25) is 4.79 Å². The van der Waals surface area contributed by atoms with Crippen LogP contribution < -0.4 is 11.1 Å². The molecule has 2 fully saturated rings. The number of likely N-dealkylation sites (tertiary alicyclic amines) is 1. The number of hydrogen-bond donors (Lipinski definition) is 2. The highest BCUT2D eigenvalue weighted by molar-refractivity contribution is 5.81. The summed E-state index contributed by atoms with van der Waals surface area (Å²) in [6.07, 6.45) is 4.99. The van der Waals surface area contributed by atoms with E-state index in [9.17, 15) is 4.79 Å². The van der Waals surface area contributed by atoms with Gasteiger partial charge in [0.1, 0.15) is 0 Å². The molecule has 0 radical (unpaired) electrons. The second-order valence-corrected chi connectivity index (χ2v) is 5.22. The van der Waals surface area contributed by atoms with E-state index in [1.54, 1.807) is 6.92 Å². The molecule has 0 aromatic carbocycles. The molecule has 1 amide bonds. The normalized spacial score (nSPS) is 27.1. The summed E-state index contributed by atoms with van der Waals surface area (Å²) in [5.41, 5.74) is 5.65. The zero-order chi connectivity index (χ0) is 11.5. The van der Waals surface area contributed by atoms with Gasteiger partial charge in [0, 0.05) is 19.1 Å². The molecule has 3 N–H and O–H groups in total. The Labute approximate surface area is 97.6 Å². The molecule has 1 saturated carbocycles. The molecule has 1 aliphatic carbocycles. The van der Waals surface area contributed by atoms with E-state index < -0.39 is 0 Å². The second-order valence-electron chi connectivity index (χ2n) is 5.22. The van der Waals surface area contributed by atoms with Gasteiger partial charge in [-0.2, -0.15) is 0 Å². The summed E-state index contributed by atoms with van der Waals surface area (Å²) in [5.74, 6) is 1.01. The van der Waals surface area contributed by atoms with Gasteiger partial charge in [0.2, 0.25) is 5.91 Å². The van der Waals surface area contributed by atoms with Crippen molar-refractivity contribution in [1.29, 1.82) is 0 Å². The van der Waals surface area contributed by atoms with E-state index in [0.29, 0.717) is 6.04 Å². The summed E-state index contributed by atoms with van der Waals surface area (Å²) in [5, 5.41) is 3.48. The van der Waals surface area contributed by atoms with Gasteiger partial charge in [0.05, 0.1) is 6.04 Å². The number of hydrogen-bond acceptors (Lipinski definition) is 3. The van der Waals surface area contributed by atoms with Crippen molar-refractivity contribution < 1.29 is 4.79 Å². The van der Waals surface area contributed by atoms with Crippen molar-refractivity contribution in [2.24, 2.45) is 11.7 Å².